The van der Waals surface area contributed by atoms with Crippen molar-refractivity contribution in [1.82, 2.24) is 15.0 Å². The smallest absolute Gasteiger partial charge is 0.167 e. The van der Waals surface area contributed by atoms with E-state index >= 15 is 0 Å². The van der Waals surface area contributed by atoms with Crippen molar-refractivity contribution in [3.05, 3.63) is 188 Å². The molecule has 0 radical (unpaired) electrons. The second-order valence-electron chi connectivity index (χ2n) is 13.9. The van der Waals surface area contributed by atoms with E-state index in [9.17, 15) is 0 Å². The van der Waals surface area contributed by atoms with E-state index < -0.39 is 0 Å². The van der Waals surface area contributed by atoms with Crippen LogP contribution < -0.4 is 0 Å². The Morgan fingerprint density at radius 2 is 0.804 bits per heavy atom. The van der Waals surface area contributed by atoms with Gasteiger partial charge in [-0.1, -0.05) is 176 Å². The van der Waals surface area contributed by atoms with Gasteiger partial charge in [0.15, 0.2) is 17.5 Å². The number of benzene rings is 8. The summed E-state index contributed by atoms with van der Waals surface area (Å²) in [5.74, 6) is 1.77. The number of aromatic nitrogens is 3. The van der Waals surface area contributed by atoms with Gasteiger partial charge in [-0.05, 0) is 39.9 Å². The second-order valence-corrected chi connectivity index (χ2v) is 15.0. The van der Waals surface area contributed by atoms with E-state index in [0.717, 1.165) is 60.9 Å². The summed E-state index contributed by atoms with van der Waals surface area (Å²) in [7, 11) is 0. The monoisotopic (exact) mass is 733 g/mol. The van der Waals surface area contributed by atoms with E-state index in [1.54, 1.807) is 0 Å². The third-order valence-corrected chi connectivity index (χ3v) is 11.8. The van der Waals surface area contributed by atoms with Crippen molar-refractivity contribution in [3.8, 4) is 67.5 Å². The molecular weight excluding hydrogens is 703 g/mol. The molecule has 11 rings (SSSR count). The summed E-state index contributed by atoms with van der Waals surface area (Å²) >= 11 is 1.85. The minimum Gasteiger partial charge on any atom is -0.455 e. The summed E-state index contributed by atoms with van der Waals surface area (Å²) in [6, 6.07) is 65.5. The van der Waals surface area contributed by atoms with E-state index in [2.05, 4.69) is 152 Å². The van der Waals surface area contributed by atoms with Gasteiger partial charge in [0.05, 0.1) is 5.56 Å². The molecule has 0 bridgehead atoms. The third-order valence-electron chi connectivity index (χ3n) is 10.6. The van der Waals surface area contributed by atoms with E-state index in [4.69, 9.17) is 19.4 Å². The lowest BCUT2D eigenvalue weighted by Gasteiger charge is -2.10. The van der Waals surface area contributed by atoms with Crippen molar-refractivity contribution in [2.75, 3.05) is 0 Å². The molecule has 0 aliphatic carbocycles. The predicted octanol–water partition coefficient (Wildman–Crippen LogP) is 14.1. The van der Waals surface area contributed by atoms with Gasteiger partial charge >= 0.3 is 0 Å². The molecule has 0 amide bonds. The zero-order valence-corrected chi connectivity index (χ0v) is 30.9. The van der Waals surface area contributed by atoms with Crippen LogP contribution in [-0.2, 0) is 0 Å². The SMILES string of the molecule is c1ccc(-c2ccc(-c3nc(-c4ccccc4)nc(-c4cccc5c4oc4c(-c6ccc(-c7ccccc7)c7sc8ccccc8c67)cccc45)n3)cc2)cc1. The molecule has 0 fully saturated rings. The first-order valence-corrected chi connectivity index (χ1v) is 19.5. The molecule has 262 valence electrons. The minimum atomic E-state index is 0.561. The maximum absolute atomic E-state index is 7.03. The van der Waals surface area contributed by atoms with E-state index in [1.165, 1.54) is 31.3 Å². The highest BCUT2D eigenvalue weighted by Gasteiger charge is 2.22. The zero-order valence-electron chi connectivity index (χ0n) is 30.1. The fourth-order valence-corrected chi connectivity index (χ4v) is 9.15. The molecule has 5 heteroatoms. The van der Waals surface area contributed by atoms with E-state index in [1.807, 2.05) is 47.7 Å². The molecule has 0 aliphatic rings. The van der Waals surface area contributed by atoms with Crippen molar-refractivity contribution in [1.29, 1.82) is 0 Å². The van der Waals surface area contributed by atoms with Gasteiger partial charge in [0.1, 0.15) is 11.2 Å². The molecule has 4 nitrogen and oxygen atoms in total. The Hall–Kier alpha value is -7.21. The van der Waals surface area contributed by atoms with Crippen molar-refractivity contribution in [2.24, 2.45) is 0 Å². The molecule has 0 atom stereocenters. The van der Waals surface area contributed by atoms with Gasteiger partial charge in [-0.15, -0.1) is 11.3 Å². The van der Waals surface area contributed by atoms with Crippen LogP contribution in [0.1, 0.15) is 0 Å². The Morgan fingerprint density at radius 3 is 1.50 bits per heavy atom. The quantitative estimate of drug-likeness (QED) is 0.171. The fraction of sp³-hybridized carbons (Fsp3) is 0. The highest BCUT2D eigenvalue weighted by Crippen LogP contribution is 2.47. The van der Waals surface area contributed by atoms with Crippen molar-refractivity contribution in [2.45, 2.75) is 0 Å². The molecule has 3 aromatic heterocycles. The normalized spacial score (nSPS) is 11.6. The Bertz CT molecular complexity index is 3230. The molecule has 8 aromatic carbocycles. The van der Waals surface area contributed by atoms with E-state index in [0.29, 0.717) is 17.5 Å². The number of hydrogen-bond acceptors (Lipinski definition) is 5. The van der Waals surface area contributed by atoms with Crippen LogP contribution in [0.15, 0.2) is 192 Å². The molecule has 0 saturated heterocycles. The lowest BCUT2D eigenvalue weighted by Crippen LogP contribution is -2.00. The van der Waals surface area contributed by atoms with Crippen molar-refractivity contribution in [3.63, 3.8) is 0 Å². The van der Waals surface area contributed by atoms with Crippen LogP contribution in [0.3, 0.4) is 0 Å². The number of thiophene rings is 1. The lowest BCUT2D eigenvalue weighted by atomic mass is 9.94. The molecule has 3 heterocycles. The van der Waals surface area contributed by atoms with Gasteiger partial charge in [-0.2, -0.15) is 0 Å². The molecule has 0 spiro atoms. The predicted molar refractivity (Wildman–Crippen MR) is 233 cm³/mol. The minimum absolute atomic E-state index is 0.561. The van der Waals surface area contributed by atoms with Gasteiger partial charge in [-0.25, -0.2) is 15.0 Å². The van der Waals surface area contributed by atoms with Crippen LogP contribution in [0.5, 0.6) is 0 Å². The van der Waals surface area contributed by atoms with Crippen LogP contribution in [0, 0.1) is 0 Å². The molecule has 56 heavy (non-hydrogen) atoms. The van der Waals surface area contributed by atoms with Crippen molar-refractivity contribution >= 4 is 53.4 Å². The van der Waals surface area contributed by atoms with Gasteiger partial charge in [0, 0.05) is 47.6 Å². The summed E-state index contributed by atoms with van der Waals surface area (Å²) in [5.41, 5.74) is 11.2. The third kappa shape index (κ3) is 5.40. The number of nitrogens with zero attached hydrogens (tertiary/aromatic N) is 3. The molecule has 0 unspecified atom stereocenters. The van der Waals surface area contributed by atoms with Gasteiger partial charge in [0.2, 0.25) is 0 Å². The summed E-state index contributed by atoms with van der Waals surface area (Å²) in [6.45, 7) is 0. The van der Waals surface area contributed by atoms with Gasteiger partial charge in [-0.3, -0.25) is 0 Å². The summed E-state index contributed by atoms with van der Waals surface area (Å²) in [4.78, 5) is 15.2. The average molecular weight is 734 g/mol. The zero-order chi connectivity index (χ0) is 37.0. The Kier molecular flexibility index (Phi) is 7.64. The first-order chi connectivity index (χ1) is 27.8. The second kappa shape index (κ2) is 13.3. The van der Waals surface area contributed by atoms with Crippen LogP contribution in [-0.4, -0.2) is 15.0 Å². The summed E-state index contributed by atoms with van der Waals surface area (Å²) < 4.78 is 9.57. The maximum Gasteiger partial charge on any atom is 0.167 e. The van der Waals surface area contributed by atoms with Crippen LogP contribution in [0.25, 0.3) is 110 Å². The first kappa shape index (κ1) is 32.2. The van der Waals surface area contributed by atoms with Gasteiger partial charge < -0.3 is 4.42 Å². The van der Waals surface area contributed by atoms with Crippen LogP contribution >= 0.6 is 11.3 Å². The Balaban J connectivity index is 1.10. The van der Waals surface area contributed by atoms with Gasteiger partial charge in [0.25, 0.3) is 0 Å². The number of rotatable bonds is 6. The molecule has 0 aliphatic heterocycles. The standard InChI is InChI=1S/C51H31N3OS/c1-4-14-32(15-5-1)33-26-28-36(29-27-33)50-52-49(35-18-8-3-9-19-35)53-51(54-50)43-24-13-23-41-40-22-12-21-39(46(40)55-47(41)43)38-31-30-37(34-16-6-2-7-17-34)48-45(38)42-20-10-11-25-44(42)56-48/h1-31H. The number of furan rings is 1. The first-order valence-electron chi connectivity index (χ1n) is 18.7. The largest absolute Gasteiger partial charge is 0.455 e. The maximum atomic E-state index is 7.03. The number of hydrogen-bond donors (Lipinski definition) is 0. The summed E-state index contributed by atoms with van der Waals surface area (Å²) in [6.07, 6.45) is 0. The van der Waals surface area contributed by atoms with Crippen molar-refractivity contribution < 1.29 is 4.42 Å². The van der Waals surface area contributed by atoms with Crippen LogP contribution in [0.4, 0.5) is 0 Å². The Morgan fingerprint density at radius 1 is 0.321 bits per heavy atom. The van der Waals surface area contributed by atoms with E-state index in [-0.39, 0.29) is 0 Å². The number of para-hydroxylation sites is 2. The van der Waals surface area contributed by atoms with Crippen LogP contribution in [0.2, 0.25) is 0 Å². The molecular formula is C51H31N3OS. The highest BCUT2D eigenvalue weighted by atomic mass is 32.1. The number of fused-ring (bicyclic) bond motifs is 6. The lowest BCUT2D eigenvalue weighted by molar-refractivity contribution is 0.670. The fourth-order valence-electron chi connectivity index (χ4n) is 7.89. The molecule has 0 saturated carbocycles. The highest BCUT2D eigenvalue weighted by molar-refractivity contribution is 7.26. The topological polar surface area (TPSA) is 51.8 Å². The summed E-state index contributed by atoms with van der Waals surface area (Å²) in [5, 5.41) is 4.56. The molecule has 0 N–H and O–H groups in total. The Labute approximate surface area is 327 Å². The molecule has 11 aromatic rings. The average Bonchev–Trinajstić information content (AvgIpc) is 3.86.